The topological polar surface area (TPSA) is 76.4 Å². The Morgan fingerprint density at radius 1 is 1.07 bits per heavy atom. The van der Waals surface area contributed by atoms with Crippen molar-refractivity contribution in [1.29, 1.82) is 0 Å². The van der Waals surface area contributed by atoms with E-state index in [0.29, 0.717) is 11.3 Å². The molecule has 6 heteroatoms. The Hall–Kier alpha value is -3.12. The maximum atomic E-state index is 13.4. The fourth-order valence-electron chi connectivity index (χ4n) is 2.99. The number of nitrogens with one attached hydrogen (secondary N) is 1. The van der Waals surface area contributed by atoms with E-state index >= 15 is 0 Å². The molecule has 0 aliphatic rings. The van der Waals surface area contributed by atoms with Gasteiger partial charge in [-0.1, -0.05) is 42.5 Å². The molecule has 2 aromatic carbocycles. The lowest BCUT2D eigenvalue weighted by Crippen LogP contribution is -2.31. The smallest absolute Gasteiger partial charge is 0.244 e. The molecule has 1 atom stereocenters. The number of benzene rings is 2. The molecule has 3 aromatic rings. The number of carbonyl (C=O) groups excluding carboxylic acids is 1. The van der Waals surface area contributed by atoms with Crippen molar-refractivity contribution >= 4 is 21.8 Å². The molecule has 0 spiro atoms. The van der Waals surface area contributed by atoms with Crippen molar-refractivity contribution in [1.82, 2.24) is 5.32 Å². The first-order valence-electron chi connectivity index (χ1n) is 9.23. The molecule has 1 aromatic heterocycles. The van der Waals surface area contributed by atoms with Gasteiger partial charge in [-0.25, -0.2) is 8.42 Å². The molecule has 0 aliphatic heterocycles. The standard InChI is InChI=1S/C23H23NO4S/c1-17-10-11-18(2)21(15-17)29(26,27)22(20-9-6-14-28-20)16-24-23(25)13-12-19-7-4-3-5-8-19/h3-15,22H,16H2,1-2H3,(H,24,25)/b13-12+/t22-/m0/s1. The molecule has 29 heavy (non-hydrogen) atoms. The van der Waals surface area contributed by atoms with Crippen molar-refractivity contribution in [2.24, 2.45) is 0 Å². The number of amides is 1. The molecule has 150 valence electrons. The molecular formula is C23H23NO4S. The molecule has 3 rings (SSSR count). The monoisotopic (exact) mass is 409 g/mol. The van der Waals surface area contributed by atoms with Gasteiger partial charge >= 0.3 is 0 Å². The molecule has 1 heterocycles. The van der Waals surface area contributed by atoms with Crippen molar-refractivity contribution in [2.45, 2.75) is 24.0 Å². The Morgan fingerprint density at radius 3 is 2.52 bits per heavy atom. The van der Waals surface area contributed by atoms with Crippen LogP contribution in [0, 0.1) is 13.8 Å². The van der Waals surface area contributed by atoms with Gasteiger partial charge in [0.05, 0.1) is 11.2 Å². The Labute approximate surface area is 171 Å². The van der Waals surface area contributed by atoms with E-state index in [1.807, 2.05) is 43.3 Å². The Balaban J connectivity index is 1.82. The van der Waals surface area contributed by atoms with Crippen LogP contribution < -0.4 is 5.32 Å². The van der Waals surface area contributed by atoms with Crippen LogP contribution in [0.1, 0.15) is 27.7 Å². The summed E-state index contributed by atoms with van der Waals surface area (Å²) in [6.07, 6.45) is 4.49. The molecule has 0 fully saturated rings. The zero-order valence-corrected chi connectivity index (χ0v) is 17.1. The molecule has 0 radical (unpaired) electrons. The minimum atomic E-state index is -3.77. The van der Waals surface area contributed by atoms with Crippen molar-refractivity contribution in [2.75, 3.05) is 6.54 Å². The van der Waals surface area contributed by atoms with E-state index in [9.17, 15) is 13.2 Å². The van der Waals surface area contributed by atoms with Gasteiger partial charge in [0.1, 0.15) is 11.0 Å². The predicted octanol–water partition coefficient (Wildman–Crippen LogP) is 4.24. The van der Waals surface area contributed by atoms with E-state index in [1.54, 1.807) is 37.3 Å². The molecule has 5 nitrogen and oxygen atoms in total. The molecule has 0 aliphatic carbocycles. The third-order valence-electron chi connectivity index (χ3n) is 4.57. The van der Waals surface area contributed by atoms with E-state index in [-0.39, 0.29) is 17.3 Å². The van der Waals surface area contributed by atoms with E-state index in [0.717, 1.165) is 11.1 Å². The van der Waals surface area contributed by atoms with E-state index in [1.165, 1.54) is 12.3 Å². The lowest BCUT2D eigenvalue weighted by Gasteiger charge is -2.18. The summed E-state index contributed by atoms with van der Waals surface area (Å²) < 4.78 is 32.1. The molecule has 1 amide bonds. The van der Waals surface area contributed by atoms with Crippen molar-refractivity contribution in [3.8, 4) is 0 Å². The Kier molecular flexibility index (Phi) is 6.34. The highest BCUT2D eigenvalue weighted by atomic mass is 32.2. The van der Waals surface area contributed by atoms with E-state index in [2.05, 4.69) is 5.32 Å². The van der Waals surface area contributed by atoms with Crippen molar-refractivity contribution < 1.29 is 17.6 Å². The third-order valence-corrected chi connectivity index (χ3v) is 6.77. The zero-order chi connectivity index (χ0) is 20.9. The second-order valence-electron chi connectivity index (χ2n) is 6.81. The average molecular weight is 410 g/mol. The van der Waals surface area contributed by atoms with Crippen molar-refractivity contribution in [3.63, 3.8) is 0 Å². The van der Waals surface area contributed by atoms with Gasteiger partial charge in [-0.05, 0) is 54.8 Å². The van der Waals surface area contributed by atoms with Crippen LogP contribution in [0.4, 0.5) is 0 Å². The molecule has 0 saturated heterocycles. The normalized spacial score (nSPS) is 12.8. The van der Waals surface area contributed by atoms with E-state index < -0.39 is 15.1 Å². The molecule has 0 saturated carbocycles. The van der Waals surface area contributed by atoms with Gasteiger partial charge < -0.3 is 9.73 Å². The van der Waals surface area contributed by atoms with Crippen molar-refractivity contribution in [3.05, 3.63) is 95.5 Å². The van der Waals surface area contributed by atoms with Gasteiger partial charge in [0, 0.05) is 12.6 Å². The maximum absolute atomic E-state index is 13.4. The van der Waals surface area contributed by atoms with Gasteiger partial charge in [-0.3, -0.25) is 4.79 Å². The van der Waals surface area contributed by atoms with Crippen LogP contribution >= 0.6 is 0 Å². The summed E-state index contributed by atoms with van der Waals surface area (Å²) in [7, 11) is -3.77. The molecule has 1 N–H and O–H groups in total. The SMILES string of the molecule is Cc1ccc(C)c(S(=O)(=O)[C@@H](CNC(=O)/C=C/c2ccccc2)c2ccco2)c1. The second-order valence-corrected chi connectivity index (χ2v) is 8.91. The van der Waals surface area contributed by atoms with Crippen LogP contribution in [0.25, 0.3) is 6.08 Å². The highest BCUT2D eigenvalue weighted by Gasteiger charge is 2.32. The predicted molar refractivity (Wildman–Crippen MR) is 113 cm³/mol. The highest BCUT2D eigenvalue weighted by Crippen LogP contribution is 2.31. The first-order chi connectivity index (χ1) is 13.9. The lowest BCUT2D eigenvalue weighted by molar-refractivity contribution is -0.116. The lowest BCUT2D eigenvalue weighted by atomic mass is 10.2. The summed E-state index contributed by atoms with van der Waals surface area (Å²) in [5.74, 6) is -0.0835. The first-order valence-corrected chi connectivity index (χ1v) is 10.8. The Morgan fingerprint density at radius 2 is 1.83 bits per heavy atom. The summed E-state index contributed by atoms with van der Waals surface area (Å²) in [6.45, 7) is 3.50. The summed E-state index contributed by atoms with van der Waals surface area (Å²) in [5, 5.41) is 1.67. The minimum Gasteiger partial charge on any atom is -0.468 e. The quantitative estimate of drug-likeness (QED) is 0.592. The number of sulfone groups is 1. The summed E-state index contributed by atoms with van der Waals surface area (Å²) >= 11 is 0. The highest BCUT2D eigenvalue weighted by molar-refractivity contribution is 7.91. The first kappa shape index (κ1) is 20.6. The third kappa shape index (κ3) is 5.03. The fourth-order valence-corrected chi connectivity index (χ4v) is 4.91. The number of carbonyl (C=O) groups is 1. The van der Waals surface area contributed by atoms with Gasteiger partial charge in [0.25, 0.3) is 0 Å². The fraction of sp³-hybridized carbons (Fsp3) is 0.174. The minimum absolute atomic E-state index is 0.0960. The molecule has 0 bridgehead atoms. The number of hydrogen-bond donors (Lipinski definition) is 1. The summed E-state index contributed by atoms with van der Waals surface area (Å²) in [4.78, 5) is 12.5. The number of rotatable bonds is 7. The van der Waals surface area contributed by atoms with Crippen LogP contribution in [0.3, 0.4) is 0 Å². The van der Waals surface area contributed by atoms with Crippen LogP contribution in [-0.2, 0) is 14.6 Å². The second kappa shape index (κ2) is 8.92. The van der Waals surface area contributed by atoms with Crippen LogP contribution in [0.15, 0.2) is 82.3 Å². The number of hydrogen-bond acceptors (Lipinski definition) is 4. The van der Waals surface area contributed by atoms with E-state index in [4.69, 9.17) is 4.42 Å². The average Bonchev–Trinajstić information content (AvgIpc) is 3.23. The summed E-state index contributed by atoms with van der Waals surface area (Å²) in [6, 6.07) is 17.9. The number of furan rings is 1. The van der Waals surface area contributed by atoms with Gasteiger partial charge in [0.2, 0.25) is 5.91 Å². The van der Waals surface area contributed by atoms with Gasteiger partial charge in [0.15, 0.2) is 9.84 Å². The van der Waals surface area contributed by atoms with Gasteiger partial charge in [-0.15, -0.1) is 0 Å². The van der Waals surface area contributed by atoms with Crippen LogP contribution in [-0.4, -0.2) is 20.9 Å². The maximum Gasteiger partial charge on any atom is 0.244 e. The summed E-state index contributed by atoms with van der Waals surface area (Å²) in [5.41, 5.74) is 2.39. The van der Waals surface area contributed by atoms with Crippen LogP contribution in [0.2, 0.25) is 0 Å². The largest absolute Gasteiger partial charge is 0.468 e. The Bertz CT molecular complexity index is 1100. The number of aryl methyl sites for hydroxylation is 2. The van der Waals surface area contributed by atoms with Crippen LogP contribution in [0.5, 0.6) is 0 Å². The van der Waals surface area contributed by atoms with Gasteiger partial charge in [-0.2, -0.15) is 0 Å². The molecular weight excluding hydrogens is 386 g/mol. The molecule has 0 unspecified atom stereocenters. The zero-order valence-electron chi connectivity index (χ0n) is 16.3.